The van der Waals surface area contributed by atoms with Crippen LogP contribution in [-0.2, 0) is 0 Å². The number of aromatic nitrogens is 2. The molecule has 4 rings (SSSR count). The van der Waals surface area contributed by atoms with E-state index in [0.29, 0.717) is 15.8 Å². The molecule has 0 radical (unpaired) electrons. The molecule has 1 atom stereocenters. The molecular formula is C18H23ClN4OS. The summed E-state index contributed by atoms with van der Waals surface area (Å²) in [6, 6.07) is 3.78. The van der Waals surface area contributed by atoms with Crippen molar-refractivity contribution in [3.8, 4) is 10.6 Å². The molecule has 2 fully saturated rings. The molecule has 2 aromatic heterocycles. The van der Waals surface area contributed by atoms with Crippen molar-refractivity contribution in [1.82, 2.24) is 20.0 Å². The Labute approximate surface area is 157 Å². The van der Waals surface area contributed by atoms with Gasteiger partial charge in [0, 0.05) is 19.6 Å². The third kappa shape index (κ3) is 3.76. The Hall–Kier alpha value is -1.37. The first kappa shape index (κ1) is 17.1. The summed E-state index contributed by atoms with van der Waals surface area (Å²) < 4.78 is 0.714. The topological polar surface area (TPSA) is 52.2 Å². The Morgan fingerprint density at radius 3 is 2.88 bits per heavy atom. The van der Waals surface area contributed by atoms with Crippen LogP contribution in [0, 0.1) is 5.92 Å². The Morgan fingerprint density at radius 1 is 1.28 bits per heavy atom. The second kappa shape index (κ2) is 7.48. The lowest BCUT2D eigenvalue weighted by Gasteiger charge is -2.29. The molecule has 5 nitrogen and oxygen atoms in total. The minimum atomic E-state index is 0.0782. The smallest absolute Gasteiger partial charge is 0.257 e. The highest BCUT2D eigenvalue weighted by molar-refractivity contribution is 7.19. The number of carbonyl (C=O) groups excluding carboxylic acids is 1. The zero-order valence-electron chi connectivity index (χ0n) is 14.2. The maximum atomic E-state index is 13.0. The van der Waals surface area contributed by atoms with Crippen molar-refractivity contribution < 1.29 is 4.79 Å². The number of H-pyrrole nitrogens is 1. The van der Waals surface area contributed by atoms with Crippen molar-refractivity contribution in [2.75, 3.05) is 32.7 Å². The van der Waals surface area contributed by atoms with Crippen LogP contribution in [0.3, 0.4) is 0 Å². The molecule has 0 saturated carbocycles. The molecule has 1 amide bonds. The van der Waals surface area contributed by atoms with Gasteiger partial charge >= 0.3 is 0 Å². The number of amides is 1. The van der Waals surface area contributed by atoms with Crippen LogP contribution < -0.4 is 0 Å². The summed E-state index contributed by atoms with van der Waals surface area (Å²) in [5.74, 6) is 0.669. The van der Waals surface area contributed by atoms with E-state index in [1.54, 1.807) is 6.20 Å². The molecule has 0 spiro atoms. The summed E-state index contributed by atoms with van der Waals surface area (Å²) in [6.45, 7) is 5.26. The van der Waals surface area contributed by atoms with Crippen molar-refractivity contribution in [2.24, 2.45) is 5.92 Å². The SMILES string of the molecule is O=C(c1cn[nH]c1-c1ccc(Cl)s1)N1CCC(CN2CCCCC2)C1. The Morgan fingerprint density at radius 2 is 2.12 bits per heavy atom. The minimum Gasteiger partial charge on any atom is -0.338 e. The van der Waals surface area contributed by atoms with E-state index in [0.717, 1.165) is 36.6 Å². The first-order chi connectivity index (χ1) is 12.2. The number of carbonyl (C=O) groups is 1. The number of nitrogens with one attached hydrogen (secondary N) is 1. The van der Waals surface area contributed by atoms with Gasteiger partial charge in [-0.05, 0) is 50.4 Å². The molecule has 0 aromatic carbocycles. The number of nitrogens with zero attached hydrogens (tertiary/aromatic N) is 3. The van der Waals surface area contributed by atoms with Crippen molar-refractivity contribution in [3.63, 3.8) is 0 Å². The molecule has 2 aliphatic rings. The van der Waals surface area contributed by atoms with Gasteiger partial charge in [0.1, 0.15) is 0 Å². The predicted molar refractivity (Wildman–Crippen MR) is 101 cm³/mol. The molecule has 4 heterocycles. The highest BCUT2D eigenvalue weighted by atomic mass is 35.5. The first-order valence-corrected chi connectivity index (χ1v) is 10.2. The largest absolute Gasteiger partial charge is 0.338 e. The van der Waals surface area contributed by atoms with Gasteiger partial charge in [-0.3, -0.25) is 9.89 Å². The first-order valence-electron chi connectivity index (χ1n) is 9.01. The number of aromatic amines is 1. The van der Waals surface area contributed by atoms with Gasteiger partial charge < -0.3 is 9.80 Å². The molecular weight excluding hydrogens is 356 g/mol. The van der Waals surface area contributed by atoms with Gasteiger partial charge in [0.05, 0.1) is 26.7 Å². The number of hydrogen-bond acceptors (Lipinski definition) is 4. The molecule has 1 N–H and O–H groups in total. The monoisotopic (exact) mass is 378 g/mol. The van der Waals surface area contributed by atoms with Crippen LogP contribution in [0.15, 0.2) is 18.3 Å². The van der Waals surface area contributed by atoms with Crippen LogP contribution in [0.1, 0.15) is 36.0 Å². The van der Waals surface area contributed by atoms with Crippen molar-refractivity contribution >= 4 is 28.8 Å². The van der Waals surface area contributed by atoms with Gasteiger partial charge in [-0.15, -0.1) is 11.3 Å². The fourth-order valence-corrected chi connectivity index (χ4v) is 4.98. The van der Waals surface area contributed by atoms with E-state index in [4.69, 9.17) is 11.6 Å². The van der Waals surface area contributed by atoms with Crippen LogP contribution in [0.25, 0.3) is 10.6 Å². The van der Waals surface area contributed by atoms with E-state index in [2.05, 4.69) is 15.1 Å². The number of thiophene rings is 1. The lowest BCUT2D eigenvalue weighted by Crippen LogP contribution is -2.36. The maximum Gasteiger partial charge on any atom is 0.257 e. The van der Waals surface area contributed by atoms with E-state index in [9.17, 15) is 4.79 Å². The van der Waals surface area contributed by atoms with Crippen molar-refractivity contribution in [3.05, 3.63) is 28.2 Å². The summed E-state index contributed by atoms with van der Waals surface area (Å²) in [7, 11) is 0. The van der Waals surface area contributed by atoms with E-state index >= 15 is 0 Å². The van der Waals surface area contributed by atoms with E-state index < -0.39 is 0 Å². The second-order valence-corrected chi connectivity index (χ2v) is 8.74. The summed E-state index contributed by atoms with van der Waals surface area (Å²) in [4.78, 5) is 18.5. The van der Waals surface area contributed by atoms with Crippen LogP contribution >= 0.6 is 22.9 Å². The van der Waals surface area contributed by atoms with E-state index in [1.165, 1.54) is 43.7 Å². The Balaban J connectivity index is 1.41. The van der Waals surface area contributed by atoms with Gasteiger partial charge in [0.15, 0.2) is 0 Å². The van der Waals surface area contributed by atoms with E-state index in [-0.39, 0.29) is 5.91 Å². The fourth-order valence-electron chi connectivity index (χ4n) is 3.93. The highest BCUT2D eigenvalue weighted by Gasteiger charge is 2.30. The molecule has 2 aliphatic heterocycles. The van der Waals surface area contributed by atoms with E-state index in [1.807, 2.05) is 17.0 Å². The van der Waals surface area contributed by atoms with Crippen LogP contribution in [-0.4, -0.2) is 58.6 Å². The average Bonchev–Trinajstić information content (AvgIpc) is 3.35. The highest BCUT2D eigenvalue weighted by Crippen LogP contribution is 2.32. The summed E-state index contributed by atoms with van der Waals surface area (Å²) >= 11 is 7.49. The normalized spacial score (nSPS) is 21.8. The molecule has 0 aliphatic carbocycles. The molecule has 1 unspecified atom stereocenters. The Bertz CT molecular complexity index is 737. The molecule has 7 heteroatoms. The van der Waals surface area contributed by atoms with Gasteiger partial charge in [-0.25, -0.2) is 0 Å². The average molecular weight is 379 g/mol. The minimum absolute atomic E-state index is 0.0782. The molecule has 0 bridgehead atoms. The number of likely N-dealkylation sites (tertiary alicyclic amines) is 2. The lowest BCUT2D eigenvalue weighted by molar-refractivity contribution is 0.0783. The lowest BCUT2D eigenvalue weighted by atomic mass is 10.1. The zero-order valence-corrected chi connectivity index (χ0v) is 15.8. The Kier molecular flexibility index (Phi) is 5.10. The zero-order chi connectivity index (χ0) is 17.2. The number of halogens is 1. The van der Waals surface area contributed by atoms with Gasteiger partial charge in [0.25, 0.3) is 5.91 Å². The van der Waals surface area contributed by atoms with Gasteiger partial charge in [-0.2, -0.15) is 5.10 Å². The predicted octanol–water partition coefficient (Wildman–Crippen LogP) is 3.74. The number of hydrogen-bond donors (Lipinski definition) is 1. The van der Waals surface area contributed by atoms with Crippen LogP contribution in [0.2, 0.25) is 4.34 Å². The molecule has 134 valence electrons. The second-order valence-electron chi connectivity index (χ2n) is 7.03. The quantitative estimate of drug-likeness (QED) is 0.881. The van der Waals surface area contributed by atoms with Gasteiger partial charge in [-0.1, -0.05) is 18.0 Å². The standard InChI is InChI=1S/C18H23ClN4OS/c19-16-5-4-15(25-16)17-14(10-20-21-17)18(24)23-9-6-13(12-23)11-22-7-2-1-3-8-22/h4-5,10,13H,1-3,6-9,11-12H2,(H,20,21). The number of piperidine rings is 1. The van der Waals surface area contributed by atoms with Crippen molar-refractivity contribution in [1.29, 1.82) is 0 Å². The van der Waals surface area contributed by atoms with Crippen molar-refractivity contribution in [2.45, 2.75) is 25.7 Å². The fraction of sp³-hybridized carbons (Fsp3) is 0.556. The van der Waals surface area contributed by atoms with Gasteiger partial charge in [0.2, 0.25) is 0 Å². The number of rotatable bonds is 4. The maximum absolute atomic E-state index is 13.0. The third-order valence-electron chi connectivity index (χ3n) is 5.23. The summed E-state index contributed by atoms with van der Waals surface area (Å²) in [5.41, 5.74) is 1.43. The summed E-state index contributed by atoms with van der Waals surface area (Å²) in [5, 5.41) is 7.06. The van der Waals surface area contributed by atoms with Crippen LogP contribution in [0.4, 0.5) is 0 Å². The molecule has 2 saturated heterocycles. The summed E-state index contributed by atoms with van der Waals surface area (Å²) in [6.07, 6.45) is 6.74. The third-order valence-corrected chi connectivity index (χ3v) is 6.48. The molecule has 2 aromatic rings. The van der Waals surface area contributed by atoms with Crippen LogP contribution in [0.5, 0.6) is 0 Å². The molecule has 25 heavy (non-hydrogen) atoms.